The van der Waals surface area contributed by atoms with Crippen molar-refractivity contribution in [3.8, 4) is 5.75 Å². The molecule has 0 radical (unpaired) electrons. The molecule has 1 aromatic rings. The summed E-state index contributed by atoms with van der Waals surface area (Å²) in [6.07, 6.45) is 2.16. The zero-order valence-corrected chi connectivity index (χ0v) is 12.5. The van der Waals surface area contributed by atoms with Gasteiger partial charge in [0.2, 0.25) is 0 Å². The van der Waals surface area contributed by atoms with Crippen molar-refractivity contribution in [2.75, 3.05) is 26.4 Å². The quantitative estimate of drug-likeness (QED) is 0.839. The molecule has 1 saturated heterocycles. The van der Waals surface area contributed by atoms with E-state index in [2.05, 4.69) is 21.2 Å². The standard InChI is InChI=1S/C13H17BrClNO2/c14-10-1-2-13(12(15)9-10)18-8-5-16-11-3-6-17-7-4-11/h1-2,9,11,16H,3-8H2. The summed E-state index contributed by atoms with van der Waals surface area (Å²) in [5.74, 6) is 0.730. The van der Waals surface area contributed by atoms with E-state index in [0.29, 0.717) is 17.7 Å². The first-order chi connectivity index (χ1) is 8.75. The minimum absolute atomic E-state index is 0.558. The second-order valence-electron chi connectivity index (χ2n) is 4.26. The van der Waals surface area contributed by atoms with Crippen LogP contribution in [0.3, 0.4) is 0 Å². The molecule has 1 aliphatic heterocycles. The average Bonchev–Trinajstić information content (AvgIpc) is 2.38. The summed E-state index contributed by atoms with van der Waals surface area (Å²) in [5, 5.41) is 4.10. The summed E-state index contributed by atoms with van der Waals surface area (Å²) in [6, 6.07) is 6.19. The number of nitrogens with one attached hydrogen (secondary N) is 1. The topological polar surface area (TPSA) is 30.5 Å². The molecule has 2 rings (SSSR count). The van der Waals surface area contributed by atoms with Gasteiger partial charge < -0.3 is 14.8 Å². The maximum atomic E-state index is 6.07. The molecule has 0 atom stereocenters. The van der Waals surface area contributed by atoms with Gasteiger partial charge in [0.25, 0.3) is 0 Å². The molecular weight excluding hydrogens is 318 g/mol. The predicted octanol–water partition coefficient (Wildman–Crippen LogP) is 3.25. The minimum atomic E-state index is 0.558. The Balaban J connectivity index is 1.68. The van der Waals surface area contributed by atoms with E-state index in [-0.39, 0.29) is 0 Å². The van der Waals surface area contributed by atoms with E-state index in [4.69, 9.17) is 21.1 Å². The highest BCUT2D eigenvalue weighted by atomic mass is 79.9. The van der Waals surface area contributed by atoms with Crippen LogP contribution >= 0.6 is 27.5 Å². The molecular formula is C13H17BrClNO2. The first-order valence-electron chi connectivity index (χ1n) is 6.14. The number of hydrogen-bond acceptors (Lipinski definition) is 3. The zero-order chi connectivity index (χ0) is 12.8. The molecule has 0 aliphatic carbocycles. The Morgan fingerprint density at radius 1 is 1.39 bits per heavy atom. The minimum Gasteiger partial charge on any atom is -0.491 e. The normalized spacial score (nSPS) is 16.8. The van der Waals surface area contributed by atoms with E-state index < -0.39 is 0 Å². The van der Waals surface area contributed by atoms with E-state index in [0.717, 1.165) is 42.8 Å². The molecule has 1 heterocycles. The Morgan fingerprint density at radius 2 is 2.17 bits per heavy atom. The molecule has 0 saturated carbocycles. The molecule has 18 heavy (non-hydrogen) atoms. The lowest BCUT2D eigenvalue weighted by Crippen LogP contribution is -2.37. The maximum Gasteiger partial charge on any atom is 0.138 e. The van der Waals surface area contributed by atoms with Crippen molar-refractivity contribution in [2.24, 2.45) is 0 Å². The van der Waals surface area contributed by atoms with E-state index in [1.54, 1.807) is 0 Å². The Morgan fingerprint density at radius 3 is 2.89 bits per heavy atom. The van der Waals surface area contributed by atoms with Crippen molar-refractivity contribution in [3.05, 3.63) is 27.7 Å². The van der Waals surface area contributed by atoms with Gasteiger partial charge in [-0.2, -0.15) is 0 Å². The average molecular weight is 335 g/mol. The Kier molecular flexibility index (Phi) is 5.76. The monoisotopic (exact) mass is 333 g/mol. The van der Waals surface area contributed by atoms with Crippen molar-refractivity contribution < 1.29 is 9.47 Å². The summed E-state index contributed by atoms with van der Waals surface area (Å²) >= 11 is 9.43. The van der Waals surface area contributed by atoms with Crippen LogP contribution in [0.1, 0.15) is 12.8 Å². The van der Waals surface area contributed by atoms with E-state index >= 15 is 0 Å². The van der Waals surface area contributed by atoms with Crippen molar-refractivity contribution in [2.45, 2.75) is 18.9 Å². The smallest absolute Gasteiger partial charge is 0.138 e. The second-order valence-corrected chi connectivity index (χ2v) is 5.59. The molecule has 1 N–H and O–H groups in total. The summed E-state index contributed by atoms with van der Waals surface area (Å²) in [6.45, 7) is 3.17. The van der Waals surface area contributed by atoms with E-state index in [1.807, 2.05) is 18.2 Å². The first kappa shape index (κ1) is 14.1. The molecule has 0 amide bonds. The van der Waals surface area contributed by atoms with Crippen LogP contribution in [0.2, 0.25) is 5.02 Å². The number of rotatable bonds is 5. The van der Waals surface area contributed by atoms with Gasteiger partial charge in [0.05, 0.1) is 5.02 Å². The second kappa shape index (κ2) is 7.34. The third-order valence-corrected chi connectivity index (χ3v) is 3.70. The van der Waals surface area contributed by atoms with Gasteiger partial charge in [-0.15, -0.1) is 0 Å². The zero-order valence-electron chi connectivity index (χ0n) is 10.1. The third kappa shape index (κ3) is 4.43. The summed E-state index contributed by atoms with van der Waals surface area (Å²) in [5.41, 5.74) is 0. The molecule has 0 unspecified atom stereocenters. The Bertz CT molecular complexity index is 383. The van der Waals surface area contributed by atoms with Crippen molar-refractivity contribution in [1.82, 2.24) is 5.32 Å². The highest BCUT2D eigenvalue weighted by Gasteiger charge is 2.12. The van der Waals surface area contributed by atoms with Crippen LogP contribution < -0.4 is 10.1 Å². The van der Waals surface area contributed by atoms with Crippen molar-refractivity contribution in [1.29, 1.82) is 0 Å². The van der Waals surface area contributed by atoms with Crippen LogP contribution in [0, 0.1) is 0 Å². The van der Waals surface area contributed by atoms with Gasteiger partial charge in [0, 0.05) is 30.3 Å². The molecule has 0 spiro atoms. The van der Waals surface area contributed by atoms with Gasteiger partial charge in [0.1, 0.15) is 12.4 Å². The SMILES string of the molecule is Clc1cc(Br)ccc1OCCNC1CCOCC1. The Labute approximate surface area is 121 Å². The fourth-order valence-corrected chi connectivity index (χ4v) is 2.65. The molecule has 1 aromatic carbocycles. The highest BCUT2D eigenvalue weighted by Crippen LogP contribution is 2.27. The molecule has 100 valence electrons. The summed E-state index contributed by atoms with van der Waals surface area (Å²) in [7, 11) is 0. The van der Waals surface area contributed by atoms with Gasteiger partial charge in [-0.1, -0.05) is 27.5 Å². The van der Waals surface area contributed by atoms with Gasteiger partial charge in [-0.3, -0.25) is 0 Å². The molecule has 5 heteroatoms. The number of halogens is 2. The number of ether oxygens (including phenoxy) is 2. The Hall–Kier alpha value is -0.290. The van der Waals surface area contributed by atoms with Crippen LogP contribution in [-0.2, 0) is 4.74 Å². The van der Waals surface area contributed by atoms with E-state index in [1.165, 1.54) is 0 Å². The molecule has 1 aliphatic rings. The van der Waals surface area contributed by atoms with Crippen molar-refractivity contribution >= 4 is 27.5 Å². The fourth-order valence-electron chi connectivity index (χ4n) is 1.92. The van der Waals surface area contributed by atoms with Crippen LogP contribution in [0.15, 0.2) is 22.7 Å². The van der Waals surface area contributed by atoms with Crippen LogP contribution in [0.5, 0.6) is 5.75 Å². The van der Waals surface area contributed by atoms with E-state index in [9.17, 15) is 0 Å². The first-order valence-corrected chi connectivity index (χ1v) is 7.32. The van der Waals surface area contributed by atoms with Gasteiger partial charge in [0.15, 0.2) is 0 Å². The van der Waals surface area contributed by atoms with Gasteiger partial charge >= 0.3 is 0 Å². The van der Waals surface area contributed by atoms with Crippen molar-refractivity contribution in [3.63, 3.8) is 0 Å². The predicted molar refractivity (Wildman–Crippen MR) is 76.5 cm³/mol. The lowest BCUT2D eigenvalue weighted by atomic mass is 10.1. The number of benzene rings is 1. The largest absolute Gasteiger partial charge is 0.491 e. The maximum absolute atomic E-state index is 6.07. The van der Waals surface area contributed by atoms with Crippen LogP contribution in [-0.4, -0.2) is 32.4 Å². The number of hydrogen-bond donors (Lipinski definition) is 1. The highest BCUT2D eigenvalue weighted by molar-refractivity contribution is 9.10. The summed E-state index contributed by atoms with van der Waals surface area (Å²) in [4.78, 5) is 0. The van der Waals surface area contributed by atoms with Crippen LogP contribution in [0.4, 0.5) is 0 Å². The molecule has 0 aromatic heterocycles. The lowest BCUT2D eigenvalue weighted by molar-refractivity contribution is 0.0770. The molecule has 1 fully saturated rings. The summed E-state index contributed by atoms with van der Waals surface area (Å²) < 4.78 is 11.9. The lowest BCUT2D eigenvalue weighted by Gasteiger charge is -2.23. The third-order valence-electron chi connectivity index (χ3n) is 2.91. The molecule has 3 nitrogen and oxygen atoms in total. The van der Waals surface area contributed by atoms with Crippen LogP contribution in [0.25, 0.3) is 0 Å². The van der Waals surface area contributed by atoms with Gasteiger partial charge in [-0.25, -0.2) is 0 Å². The fraction of sp³-hybridized carbons (Fsp3) is 0.538. The van der Waals surface area contributed by atoms with Gasteiger partial charge in [-0.05, 0) is 31.0 Å². The molecule has 0 bridgehead atoms.